The Labute approximate surface area is 145 Å². The van der Waals surface area contributed by atoms with Crippen LogP contribution in [0.4, 0.5) is 0 Å². The SMILES string of the molecule is O=C(NCC1CC[C@@H]2[C@@H]1OCCN2Cc1cccs1)c1ccco1. The zero-order valence-electron chi connectivity index (χ0n) is 13.5. The van der Waals surface area contributed by atoms with Crippen LogP contribution in [0.5, 0.6) is 0 Å². The van der Waals surface area contributed by atoms with Gasteiger partial charge in [0.05, 0.1) is 19.0 Å². The number of morpholine rings is 1. The molecule has 2 fully saturated rings. The summed E-state index contributed by atoms with van der Waals surface area (Å²) in [5.74, 6) is 0.600. The number of hydrogen-bond acceptors (Lipinski definition) is 5. The summed E-state index contributed by atoms with van der Waals surface area (Å²) in [5, 5.41) is 5.13. The maximum Gasteiger partial charge on any atom is 0.286 e. The quantitative estimate of drug-likeness (QED) is 0.904. The number of hydrogen-bond donors (Lipinski definition) is 1. The van der Waals surface area contributed by atoms with E-state index in [2.05, 4.69) is 27.7 Å². The maximum atomic E-state index is 12.0. The van der Waals surface area contributed by atoms with Crippen LogP contribution < -0.4 is 5.32 Å². The maximum absolute atomic E-state index is 12.0. The fraction of sp³-hybridized carbons (Fsp3) is 0.500. The van der Waals surface area contributed by atoms with Crippen LogP contribution in [0.2, 0.25) is 0 Å². The van der Waals surface area contributed by atoms with Crippen molar-refractivity contribution < 1.29 is 13.9 Å². The zero-order valence-corrected chi connectivity index (χ0v) is 14.3. The fourth-order valence-corrected chi connectivity index (χ4v) is 4.60. The van der Waals surface area contributed by atoms with Crippen molar-refractivity contribution >= 4 is 17.2 Å². The molecule has 1 unspecified atom stereocenters. The molecule has 24 heavy (non-hydrogen) atoms. The van der Waals surface area contributed by atoms with E-state index in [4.69, 9.17) is 9.15 Å². The van der Waals surface area contributed by atoms with E-state index >= 15 is 0 Å². The van der Waals surface area contributed by atoms with Crippen LogP contribution in [0.25, 0.3) is 0 Å². The lowest BCUT2D eigenvalue weighted by molar-refractivity contribution is -0.0754. The van der Waals surface area contributed by atoms with E-state index in [1.165, 1.54) is 11.1 Å². The van der Waals surface area contributed by atoms with Crippen molar-refractivity contribution in [3.05, 3.63) is 46.5 Å². The van der Waals surface area contributed by atoms with Crippen molar-refractivity contribution in [1.82, 2.24) is 10.2 Å². The average molecular weight is 346 g/mol. The highest BCUT2D eigenvalue weighted by Crippen LogP contribution is 2.35. The molecule has 0 radical (unpaired) electrons. The van der Waals surface area contributed by atoms with Gasteiger partial charge < -0.3 is 14.5 Å². The van der Waals surface area contributed by atoms with Gasteiger partial charge in [-0.1, -0.05) is 6.07 Å². The van der Waals surface area contributed by atoms with E-state index in [-0.39, 0.29) is 12.0 Å². The Morgan fingerprint density at radius 3 is 3.08 bits per heavy atom. The first-order valence-electron chi connectivity index (χ1n) is 8.51. The summed E-state index contributed by atoms with van der Waals surface area (Å²) in [6.45, 7) is 3.42. The van der Waals surface area contributed by atoms with Gasteiger partial charge >= 0.3 is 0 Å². The van der Waals surface area contributed by atoms with Crippen LogP contribution in [0, 0.1) is 5.92 Å². The molecule has 2 aliphatic rings. The first kappa shape index (κ1) is 15.9. The van der Waals surface area contributed by atoms with Crippen LogP contribution in [0.3, 0.4) is 0 Å². The Morgan fingerprint density at radius 2 is 2.29 bits per heavy atom. The van der Waals surface area contributed by atoms with Gasteiger partial charge in [0.1, 0.15) is 0 Å². The van der Waals surface area contributed by atoms with Crippen LogP contribution >= 0.6 is 11.3 Å². The molecule has 5 nitrogen and oxygen atoms in total. The largest absolute Gasteiger partial charge is 0.459 e. The number of nitrogens with zero attached hydrogens (tertiary/aromatic N) is 1. The molecule has 3 atom stereocenters. The topological polar surface area (TPSA) is 54.7 Å². The number of rotatable bonds is 5. The first-order chi connectivity index (χ1) is 11.8. The molecule has 1 amide bonds. The molecule has 1 aliphatic carbocycles. The molecule has 1 aliphatic heterocycles. The van der Waals surface area contributed by atoms with E-state index in [1.807, 2.05) is 11.3 Å². The summed E-state index contributed by atoms with van der Waals surface area (Å²) in [4.78, 5) is 16.0. The minimum Gasteiger partial charge on any atom is -0.459 e. The molecular formula is C18H22N2O3S. The molecule has 0 spiro atoms. The molecule has 0 aromatic carbocycles. The van der Waals surface area contributed by atoms with Crippen LogP contribution in [0.1, 0.15) is 28.3 Å². The molecule has 1 N–H and O–H groups in total. The predicted octanol–water partition coefficient (Wildman–Crippen LogP) is 2.75. The van der Waals surface area contributed by atoms with Gasteiger partial charge in [-0.25, -0.2) is 0 Å². The third-order valence-corrected chi connectivity index (χ3v) is 5.90. The molecular weight excluding hydrogens is 324 g/mol. The minimum absolute atomic E-state index is 0.144. The number of thiophene rings is 1. The molecule has 0 bridgehead atoms. The lowest BCUT2D eigenvalue weighted by Crippen LogP contribution is -2.50. The molecule has 3 heterocycles. The number of carbonyl (C=O) groups is 1. The number of furan rings is 1. The monoisotopic (exact) mass is 346 g/mol. The van der Waals surface area contributed by atoms with Crippen LogP contribution in [-0.4, -0.2) is 42.6 Å². The Bertz CT molecular complexity index is 656. The number of carbonyl (C=O) groups excluding carboxylic acids is 1. The Kier molecular flexibility index (Phi) is 4.69. The lowest BCUT2D eigenvalue weighted by Gasteiger charge is -2.39. The second-order valence-corrected chi connectivity index (χ2v) is 7.51. The highest BCUT2D eigenvalue weighted by Gasteiger charge is 2.42. The van der Waals surface area contributed by atoms with Gasteiger partial charge in [0.2, 0.25) is 0 Å². The highest BCUT2D eigenvalue weighted by molar-refractivity contribution is 7.09. The Balaban J connectivity index is 1.35. The zero-order chi connectivity index (χ0) is 16.4. The van der Waals surface area contributed by atoms with Gasteiger partial charge in [-0.2, -0.15) is 0 Å². The van der Waals surface area contributed by atoms with Crippen molar-refractivity contribution in [2.45, 2.75) is 31.5 Å². The fourth-order valence-electron chi connectivity index (χ4n) is 3.87. The van der Waals surface area contributed by atoms with Crippen molar-refractivity contribution in [3.8, 4) is 0 Å². The van der Waals surface area contributed by atoms with Crippen LogP contribution in [-0.2, 0) is 11.3 Å². The molecule has 128 valence electrons. The van der Waals surface area contributed by atoms with Crippen molar-refractivity contribution in [2.24, 2.45) is 5.92 Å². The van der Waals surface area contributed by atoms with Gasteiger partial charge in [-0.05, 0) is 36.4 Å². The van der Waals surface area contributed by atoms with Crippen molar-refractivity contribution in [2.75, 3.05) is 19.7 Å². The van der Waals surface area contributed by atoms with E-state index in [0.29, 0.717) is 24.3 Å². The van der Waals surface area contributed by atoms with E-state index in [1.54, 1.807) is 12.1 Å². The summed E-state index contributed by atoms with van der Waals surface area (Å²) >= 11 is 1.81. The smallest absolute Gasteiger partial charge is 0.286 e. The summed E-state index contributed by atoms with van der Waals surface area (Å²) < 4.78 is 11.2. The van der Waals surface area contributed by atoms with Gasteiger partial charge in [-0.3, -0.25) is 9.69 Å². The van der Waals surface area contributed by atoms with E-state index < -0.39 is 0 Å². The van der Waals surface area contributed by atoms with Crippen molar-refractivity contribution in [1.29, 1.82) is 0 Å². The molecule has 2 aromatic rings. The van der Waals surface area contributed by atoms with E-state index in [9.17, 15) is 4.79 Å². The normalized spacial score (nSPS) is 27.1. The predicted molar refractivity (Wildman–Crippen MR) is 92.0 cm³/mol. The summed E-state index contributed by atoms with van der Waals surface area (Å²) in [5.41, 5.74) is 0. The summed E-state index contributed by atoms with van der Waals surface area (Å²) in [6, 6.07) is 8.19. The van der Waals surface area contributed by atoms with Gasteiger partial charge in [0, 0.05) is 36.5 Å². The first-order valence-corrected chi connectivity index (χ1v) is 9.39. The van der Waals surface area contributed by atoms with E-state index in [0.717, 1.165) is 32.5 Å². The number of amides is 1. The van der Waals surface area contributed by atoms with Gasteiger partial charge in [0.15, 0.2) is 5.76 Å². The minimum atomic E-state index is -0.144. The van der Waals surface area contributed by atoms with Gasteiger partial charge in [-0.15, -0.1) is 11.3 Å². The Hall–Kier alpha value is -1.63. The third-order valence-electron chi connectivity index (χ3n) is 5.04. The van der Waals surface area contributed by atoms with Crippen LogP contribution in [0.15, 0.2) is 40.3 Å². The summed E-state index contributed by atoms with van der Waals surface area (Å²) in [7, 11) is 0. The third kappa shape index (κ3) is 3.27. The number of nitrogens with one attached hydrogen (secondary N) is 1. The number of ether oxygens (including phenoxy) is 1. The lowest BCUT2D eigenvalue weighted by atomic mass is 10.0. The standard InChI is InChI=1S/C18H22N2O3S/c21-18(16-4-1-8-22-16)19-11-13-5-6-15-17(13)23-9-7-20(15)12-14-3-2-10-24-14/h1-4,8,10,13,15,17H,5-7,9,11-12H2,(H,19,21)/t13?,15-,17-/m1/s1. The molecule has 1 saturated carbocycles. The number of fused-ring (bicyclic) bond motifs is 1. The summed E-state index contributed by atoms with van der Waals surface area (Å²) in [6.07, 6.45) is 3.97. The molecule has 1 saturated heterocycles. The average Bonchev–Trinajstić information content (AvgIpc) is 3.34. The highest BCUT2D eigenvalue weighted by atomic mass is 32.1. The second kappa shape index (κ2) is 7.09. The molecule has 2 aromatic heterocycles. The van der Waals surface area contributed by atoms with Crippen molar-refractivity contribution in [3.63, 3.8) is 0 Å². The molecule has 4 rings (SSSR count). The Morgan fingerprint density at radius 1 is 1.33 bits per heavy atom. The van der Waals surface area contributed by atoms with Gasteiger partial charge in [0.25, 0.3) is 5.91 Å². The second-order valence-electron chi connectivity index (χ2n) is 6.48. The molecule has 6 heteroatoms.